The molecular weight excluding hydrogens is 287 g/mol. The first-order chi connectivity index (χ1) is 9.88. The van der Waals surface area contributed by atoms with Crippen molar-refractivity contribution in [1.29, 1.82) is 0 Å². The summed E-state index contributed by atoms with van der Waals surface area (Å²) in [6.07, 6.45) is 0. The number of halogens is 3. The Bertz CT molecular complexity index is 691. The first-order valence-electron chi connectivity index (χ1n) is 5.67. The maximum atomic E-state index is 13.0. The van der Waals surface area contributed by atoms with Crippen LogP contribution in [-0.4, -0.2) is 17.0 Å². The fourth-order valence-electron chi connectivity index (χ4n) is 1.59. The summed E-state index contributed by atoms with van der Waals surface area (Å²) >= 11 is 0. The molecule has 0 aromatic heterocycles. The highest BCUT2D eigenvalue weighted by Gasteiger charge is 2.15. The van der Waals surface area contributed by atoms with Gasteiger partial charge in [0.05, 0.1) is 5.56 Å². The summed E-state index contributed by atoms with van der Waals surface area (Å²) in [6, 6.07) is 6.28. The Hall–Kier alpha value is -2.83. The van der Waals surface area contributed by atoms with Crippen molar-refractivity contribution in [3.63, 3.8) is 0 Å². The lowest BCUT2D eigenvalue weighted by atomic mass is 10.1. The Kier molecular flexibility index (Phi) is 3.93. The van der Waals surface area contributed by atoms with Gasteiger partial charge in [-0.1, -0.05) is 0 Å². The molecule has 0 atom stereocenters. The van der Waals surface area contributed by atoms with Crippen LogP contribution in [0.25, 0.3) is 0 Å². The van der Waals surface area contributed by atoms with E-state index in [0.717, 1.165) is 0 Å². The summed E-state index contributed by atoms with van der Waals surface area (Å²) in [5.74, 6) is -6.58. The van der Waals surface area contributed by atoms with Crippen molar-refractivity contribution in [3.05, 3.63) is 65.0 Å². The van der Waals surface area contributed by atoms with E-state index in [2.05, 4.69) is 5.32 Å². The molecule has 0 bridgehead atoms. The van der Waals surface area contributed by atoms with Crippen molar-refractivity contribution in [2.24, 2.45) is 0 Å². The van der Waals surface area contributed by atoms with Gasteiger partial charge in [-0.25, -0.2) is 18.0 Å². The molecule has 7 heteroatoms. The average Bonchev–Trinajstić information content (AvgIpc) is 2.44. The van der Waals surface area contributed by atoms with Gasteiger partial charge in [-0.05, 0) is 36.4 Å². The van der Waals surface area contributed by atoms with E-state index in [1.165, 1.54) is 24.3 Å². The topological polar surface area (TPSA) is 66.4 Å². The first-order valence-corrected chi connectivity index (χ1v) is 5.67. The van der Waals surface area contributed by atoms with Crippen LogP contribution >= 0.6 is 0 Å². The third-order valence-electron chi connectivity index (χ3n) is 2.64. The van der Waals surface area contributed by atoms with E-state index in [0.29, 0.717) is 12.1 Å². The molecule has 0 aliphatic carbocycles. The fraction of sp³-hybridized carbons (Fsp3) is 0. The minimum absolute atomic E-state index is 0.0203. The maximum absolute atomic E-state index is 13.0. The number of carboxylic acid groups (broad SMARTS) is 1. The van der Waals surface area contributed by atoms with Gasteiger partial charge in [0.2, 0.25) is 0 Å². The van der Waals surface area contributed by atoms with Crippen LogP contribution in [0.5, 0.6) is 0 Å². The second-order valence-electron chi connectivity index (χ2n) is 4.09. The lowest BCUT2D eigenvalue weighted by Gasteiger charge is -2.06. The van der Waals surface area contributed by atoms with Gasteiger partial charge in [-0.2, -0.15) is 0 Å². The van der Waals surface area contributed by atoms with E-state index >= 15 is 0 Å². The highest BCUT2D eigenvalue weighted by molar-refractivity contribution is 6.04. The van der Waals surface area contributed by atoms with E-state index in [1.54, 1.807) is 0 Å². The van der Waals surface area contributed by atoms with E-state index in [4.69, 9.17) is 5.11 Å². The van der Waals surface area contributed by atoms with Gasteiger partial charge in [0, 0.05) is 11.3 Å². The molecule has 0 saturated heterocycles. The van der Waals surface area contributed by atoms with Gasteiger partial charge >= 0.3 is 5.97 Å². The molecule has 0 spiro atoms. The number of carbonyl (C=O) groups excluding carboxylic acids is 1. The zero-order valence-corrected chi connectivity index (χ0v) is 10.4. The molecule has 2 aromatic carbocycles. The van der Waals surface area contributed by atoms with Gasteiger partial charge < -0.3 is 10.4 Å². The number of hydrogen-bond acceptors (Lipinski definition) is 2. The lowest BCUT2D eigenvalue weighted by molar-refractivity contribution is 0.0696. The number of anilines is 1. The van der Waals surface area contributed by atoms with Gasteiger partial charge in [-0.15, -0.1) is 0 Å². The van der Waals surface area contributed by atoms with Crippen LogP contribution in [0.3, 0.4) is 0 Å². The maximum Gasteiger partial charge on any atom is 0.335 e. The lowest BCUT2D eigenvalue weighted by Crippen LogP contribution is -2.13. The highest BCUT2D eigenvalue weighted by Crippen LogP contribution is 2.16. The summed E-state index contributed by atoms with van der Waals surface area (Å²) in [5, 5.41) is 11.0. The van der Waals surface area contributed by atoms with Gasteiger partial charge in [0.1, 0.15) is 0 Å². The predicted octanol–water partition coefficient (Wildman–Crippen LogP) is 3.05. The number of carbonyl (C=O) groups is 2. The molecule has 0 aliphatic heterocycles. The predicted molar refractivity (Wildman–Crippen MR) is 67.7 cm³/mol. The van der Waals surface area contributed by atoms with Gasteiger partial charge in [0.15, 0.2) is 17.5 Å². The third kappa shape index (κ3) is 3.19. The zero-order chi connectivity index (χ0) is 15.6. The van der Waals surface area contributed by atoms with Crippen LogP contribution < -0.4 is 5.32 Å². The number of carboxylic acids is 1. The molecule has 0 fully saturated rings. The SMILES string of the molecule is O=C(O)c1ccc(NC(=O)c2cc(F)c(F)c(F)c2)cc1. The standard InChI is InChI=1S/C14H8F3NO3/c15-10-5-8(6-11(16)12(10)17)13(19)18-9-3-1-7(2-4-9)14(20)21/h1-6H,(H,18,19)(H,20,21). The molecule has 2 aromatic rings. The molecule has 1 amide bonds. The van der Waals surface area contributed by atoms with Crippen LogP contribution in [0.1, 0.15) is 20.7 Å². The van der Waals surface area contributed by atoms with Crippen molar-refractivity contribution in [2.75, 3.05) is 5.32 Å². The van der Waals surface area contributed by atoms with Crippen molar-refractivity contribution >= 4 is 17.6 Å². The molecule has 0 heterocycles. The van der Waals surface area contributed by atoms with E-state index in [-0.39, 0.29) is 11.3 Å². The second-order valence-corrected chi connectivity index (χ2v) is 4.09. The van der Waals surface area contributed by atoms with Crippen molar-refractivity contribution in [3.8, 4) is 0 Å². The van der Waals surface area contributed by atoms with Crippen LogP contribution in [0.4, 0.5) is 18.9 Å². The summed E-state index contributed by atoms with van der Waals surface area (Å²) in [5.41, 5.74) is -0.143. The number of nitrogens with one attached hydrogen (secondary N) is 1. The average molecular weight is 295 g/mol. The second kappa shape index (κ2) is 5.66. The normalized spacial score (nSPS) is 10.2. The highest BCUT2D eigenvalue weighted by atomic mass is 19.2. The Balaban J connectivity index is 2.20. The van der Waals surface area contributed by atoms with Gasteiger partial charge in [-0.3, -0.25) is 4.79 Å². The largest absolute Gasteiger partial charge is 0.478 e. The molecule has 21 heavy (non-hydrogen) atoms. The van der Waals surface area contributed by atoms with E-state index < -0.39 is 34.9 Å². The van der Waals surface area contributed by atoms with E-state index in [1.807, 2.05) is 0 Å². The van der Waals surface area contributed by atoms with Crippen LogP contribution in [0, 0.1) is 17.5 Å². The summed E-state index contributed by atoms with van der Waals surface area (Å²) in [6.45, 7) is 0. The van der Waals surface area contributed by atoms with Crippen molar-refractivity contribution in [2.45, 2.75) is 0 Å². The number of hydrogen-bond donors (Lipinski definition) is 2. The Morgan fingerprint density at radius 1 is 0.905 bits per heavy atom. The number of amides is 1. The van der Waals surface area contributed by atoms with Crippen molar-refractivity contribution < 1.29 is 27.9 Å². The number of benzene rings is 2. The minimum atomic E-state index is -1.66. The molecular formula is C14H8F3NO3. The monoisotopic (exact) mass is 295 g/mol. The Labute approximate surface area is 116 Å². The molecule has 0 saturated carbocycles. The third-order valence-corrected chi connectivity index (χ3v) is 2.64. The quantitative estimate of drug-likeness (QED) is 0.855. The number of rotatable bonds is 3. The molecule has 0 aliphatic rings. The minimum Gasteiger partial charge on any atom is -0.478 e. The van der Waals surface area contributed by atoms with Crippen LogP contribution in [-0.2, 0) is 0 Å². The summed E-state index contributed by atoms with van der Waals surface area (Å²) in [7, 11) is 0. The molecule has 2 rings (SSSR count). The van der Waals surface area contributed by atoms with E-state index in [9.17, 15) is 22.8 Å². The van der Waals surface area contributed by atoms with Gasteiger partial charge in [0.25, 0.3) is 5.91 Å². The molecule has 0 radical (unpaired) electrons. The first kappa shape index (κ1) is 14.6. The fourth-order valence-corrected chi connectivity index (χ4v) is 1.59. The molecule has 0 unspecified atom stereocenters. The zero-order valence-electron chi connectivity index (χ0n) is 10.4. The summed E-state index contributed by atoms with van der Waals surface area (Å²) in [4.78, 5) is 22.4. The van der Waals surface area contributed by atoms with Crippen molar-refractivity contribution in [1.82, 2.24) is 0 Å². The Morgan fingerprint density at radius 2 is 1.43 bits per heavy atom. The number of aromatic carboxylic acids is 1. The Morgan fingerprint density at radius 3 is 1.90 bits per heavy atom. The molecule has 108 valence electrons. The summed E-state index contributed by atoms with van der Waals surface area (Å²) < 4.78 is 38.8. The van der Waals surface area contributed by atoms with Crippen LogP contribution in [0.2, 0.25) is 0 Å². The molecule has 4 nitrogen and oxygen atoms in total. The van der Waals surface area contributed by atoms with Crippen LogP contribution in [0.15, 0.2) is 36.4 Å². The molecule has 2 N–H and O–H groups in total. The smallest absolute Gasteiger partial charge is 0.335 e.